The van der Waals surface area contributed by atoms with Gasteiger partial charge in [0.1, 0.15) is 5.54 Å². The largest absolute Gasteiger partial charge is 0.465 e. The van der Waals surface area contributed by atoms with Crippen molar-refractivity contribution in [3.8, 4) is 0 Å². The molecule has 0 amide bonds. The van der Waals surface area contributed by atoms with Gasteiger partial charge in [-0.05, 0) is 47.3 Å². The van der Waals surface area contributed by atoms with Crippen molar-refractivity contribution in [3.05, 3.63) is 0 Å². The molecule has 1 rings (SSSR count). The fourth-order valence-electron chi connectivity index (χ4n) is 2.23. The maximum atomic E-state index is 11.7. The van der Waals surface area contributed by atoms with Crippen molar-refractivity contribution in [3.63, 3.8) is 0 Å². The lowest BCUT2D eigenvalue weighted by Crippen LogP contribution is -2.48. The number of carbonyl (C=O) groups is 1. The van der Waals surface area contributed by atoms with Gasteiger partial charge in [0.25, 0.3) is 0 Å². The SMILES string of the molecule is CCOC(=O)C(C)(N)CCN1CCC(N(C)C)C1. The third-order valence-corrected chi connectivity index (χ3v) is 3.67. The molecule has 1 aliphatic rings. The summed E-state index contributed by atoms with van der Waals surface area (Å²) >= 11 is 0. The van der Waals surface area contributed by atoms with E-state index in [4.69, 9.17) is 10.5 Å². The highest BCUT2D eigenvalue weighted by Crippen LogP contribution is 2.16. The third-order valence-electron chi connectivity index (χ3n) is 3.67. The number of likely N-dealkylation sites (N-methyl/N-ethyl adjacent to an activating group) is 1. The van der Waals surface area contributed by atoms with Crippen LogP contribution in [0.4, 0.5) is 0 Å². The molecule has 106 valence electrons. The van der Waals surface area contributed by atoms with Gasteiger partial charge in [0.05, 0.1) is 6.61 Å². The molecule has 0 aromatic carbocycles. The Labute approximate surface area is 110 Å². The molecule has 0 aromatic heterocycles. The van der Waals surface area contributed by atoms with Crippen molar-refractivity contribution >= 4 is 5.97 Å². The standard InChI is InChI=1S/C13H27N3O2/c1-5-18-12(17)13(2,14)7-9-16-8-6-11(10-16)15(3)4/h11H,5-10,14H2,1-4H3. The molecule has 1 saturated heterocycles. The van der Waals surface area contributed by atoms with E-state index in [1.54, 1.807) is 13.8 Å². The number of rotatable bonds is 6. The van der Waals surface area contributed by atoms with Crippen molar-refractivity contribution in [2.45, 2.75) is 38.3 Å². The summed E-state index contributed by atoms with van der Waals surface area (Å²) in [6.07, 6.45) is 1.83. The minimum Gasteiger partial charge on any atom is -0.465 e. The molecule has 1 aliphatic heterocycles. The Bertz CT molecular complexity index is 279. The van der Waals surface area contributed by atoms with E-state index in [1.807, 2.05) is 0 Å². The molecule has 0 bridgehead atoms. The molecule has 5 heteroatoms. The van der Waals surface area contributed by atoms with Gasteiger partial charge in [0.2, 0.25) is 0 Å². The van der Waals surface area contributed by atoms with Crippen LogP contribution in [0.2, 0.25) is 0 Å². The Balaban J connectivity index is 2.35. The molecule has 1 fully saturated rings. The Hall–Kier alpha value is -0.650. The summed E-state index contributed by atoms with van der Waals surface area (Å²) in [5.74, 6) is -0.298. The molecular weight excluding hydrogens is 230 g/mol. The highest BCUT2D eigenvalue weighted by molar-refractivity contribution is 5.79. The maximum absolute atomic E-state index is 11.7. The van der Waals surface area contributed by atoms with Gasteiger partial charge in [-0.2, -0.15) is 0 Å². The molecule has 18 heavy (non-hydrogen) atoms. The molecule has 5 nitrogen and oxygen atoms in total. The number of likely N-dealkylation sites (tertiary alicyclic amines) is 1. The maximum Gasteiger partial charge on any atom is 0.325 e. The quantitative estimate of drug-likeness (QED) is 0.693. The number of hydrogen-bond donors (Lipinski definition) is 1. The first-order valence-electron chi connectivity index (χ1n) is 6.71. The molecule has 2 N–H and O–H groups in total. The molecule has 0 aromatic rings. The van der Waals surface area contributed by atoms with Crippen LogP contribution in [0.5, 0.6) is 0 Å². The fourth-order valence-corrected chi connectivity index (χ4v) is 2.23. The fraction of sp³-hybridized carbons (Fsp3) is 0.923. The second-order valence-electron chi connectivity index (χ2n) is 5.59. The van der Waals surface area contributed by atoms with Gasteiger partial charge in [-0.1, -0.05) is 0 Å². The summed E-state index contributed by atoms with van der Waals surface area (Å²) in [6, 6.07) is 0.622. The molecule has 0 aliphatic carbocycles. The van der Waals surface area contributed by atoms with Crippen molar-refractivity contribution < 1.29 is 9.53 Å². The van der Waals surface area contributed by atoms with Crippen LogP contribution in [0.3, 0.4) is 0 Å². The number of nitrogens with two attached hydrogens (primary N) is 1. The van der Waals surface area contributed by atoms with Crippen LogP contribution in [-0.4, -0.2) is 67.7 Å². The van der Waals surface area contributed by atoms with Gasteiger partial charge in [0, 0.05) is 19.1 Å². The zero-order valence-electron chi connectivity index (χ0n) is 12.1. The summed E-state index contributed by atoms with van der Waals surface area (Å²) < 4.78 is 4.99. The number of carbonyl (C=O) groups excluding carboxylic acids is 1. The van der Waals surface area contributed by atoms with Gasteiger partial charge in [-0.25, -0.2) is 0 Å². The van der Waals surface area contributed by atoms with Gasteiger partial charge in [-0.15, -0.1) is 0 Å². The molecular formula is C13H27N3O2. The third kappa shape index (κ3) is 4.23. The van der Waals surface area contributed by atoms with Crippen molar-refractivity contribution in [1.29, 1.82) is 0 Å². The second-order valence-corrected chi connectivity index (χ2v) is 5.59. The van der Waals surface area contributed by atoms with Crippen LogP contribution in [0.15, 0.2) is 0 Å². The second kappa shape index (κ2) is 6.50. The monoisotopic (exact) mass is 257 g/mol. The number of ether oxygens (including phenoxy) is 1. The van der Waals surface area contributed by atoms with Gasteiger partial charge in [-0.3, -0.25) is 4.79 Å². The molecule has 1 heterocycles. The van der Waals surface area contributed by atoms with E-state index in [0.29, 0.717) is 19.1 Å². The predicted molar refractivity (Wildman–Crippen MR) is 72.4 cm³/mol. The Morgan fingerprint density at radius 3 is 2.72 bits per heavy atom. The first-order valence-corrected chi connectivity index (χ1v) is 6.71. The summed E-state index contributed by atoms with van der Waals surface area (Å²) in [5.41, 5.74) is 5.14. The highest BCUT2D eigenvalue weighted by Gasteiger charge is 2.32. The van der Waals surface area contributed by atoms with Gasteiger partial charge in [0.15, 0.2) is 0 Å². The lowest BCUT2D eigenvalue weighted by molar-refractivity contribution is -0.149. The lowest BCUT2D eigenvalue weighted by atomic mass is 9.99. The van der Waals surface area contributed by atoms with E-state index >= 15 is 0 Å². The Kier molecular flexibility index (Phi) is 5.56. The van der Waals surface area contributed by atoms with Crippen LogP contribution in [0.1, 0.15) is 26.7 Å². The molecule has 2 unspecified atom stereocenters. The molecule has 0 radical (unpaired) electrons. The molecule has 2 atom stereocenters. The average molecular weight is 257 g/mol. The predicted octanol–water partition coefficient (Wildman–Crippen LogP) is 0.293. The Morgan fingerprint density at radius 1 is 1.56 bits per heavy atom. The van der Waals surface area contributed by atoms with E-state index in [1.165, 1.54) is 6.42 Å². The average Bonchev–Trinajstić information content (AvgIpc) is 2.75. The van der Waals surface area contributed by atoms with E-state index in [9.17, 15) is 4.79 Å². The zero-order valence-corrected chi connectivity index (χ0v) is 12.1. The van der Waals surface area contributed by atoms with Crippen LogP contribution in [0.25, 0.3) is 0 Å². The first-order chi connectivity index (χ1) is 8.36. The van der Waals surface area contributed by atoms with Crippen molar-refractivity contribution in [1.82, 2.24) is 9.80 Å². The van der Waals surface area contributed by atoms with E-state index in [2.05, 4.69) is 23.9 Å². The van der Waals surface area contributed by atoms with Crippen LogP contribution >= 0.6 is 0 Å². The number of esters is 1. The highest BCUT2D eigenvalue weighted by atomic mass is 16.5. The van der Waals surface area contributed by atoms with Crippen LogP contribution in [-0.2, 0) is 9.53 Å². The van der Waals surface area contributed by atoms with Crippen LogP contribution < -0.4 is 5.73 Å². The Morgan fingerprint density at radius 2 is 2.22 bits per heavy atom. The minimum atomic E-state index is -0.869. The summed E-state index contributed by atoms with van der Waals surface area (Å²) in [4.78, 5) is 16.3. The van der Waals surface area contributed by atoms with E-state index in [-0.39, 0.29) is 5.97 Å². The molecule has 0 saturated carbocycles. The minimum absolute atomic E-state index is 0.298. The lowest BCUT2D eigenvalue weighted by Gasteiger charge is -2.26. The van der Waals surface area contributed by atoms with Crippen molar-refractivity contribution in [2.24, 2.45) is 5.73 Å². The topological polar surface area (TPSA) is 58.8 Å². The first kappa shape index (κ1) is 15.4. The summed E-state index contributed by atoms with van der Waals surface area (Å²) in [5, 5.41) is 0. The number of nitrogens with zero attached hydrogens (tertiary/aromatic N) is 2. The molecule has 0 spiro atoms. The van der Waals surface area contributed by atoms with Gasteiger partial charge >= 0.3 is 5.97 Å². The smallest absolute Gasteiger partial charge is 0.325 e. The zero-order chi connectivity index (χ0) is 13.8. The number of hydrogen-bond acceptors (Lipinski definition) is 5. The van der Waals surface area contributed by atoms with E-state index in [0.717, 1.165) is 19.6 Å². The van der Waals surface area contributed by atoms with Gasteiger partial charge < -0.3 is 20.3 Å². The normalized spacial score (nSPS) is 24.2. The van der Waals surface area contributed by atoms with Crippen molar-refractivity contribution in [2.75, 3.05) is 40.3 Å². The summed E-state index contributed by atoms with van der Waals surface area (Å²) in [7, 11) is 4.22. The van der Waals surface area contributed by atoms with E-state index < -0.39 is 5.54 Å². The summed E-state index contributed by atoms with van der Waals surface area (Å²) in [6.45, 7) is 6.95. The van der Waals surface area contributed by atoms with Crippen LogP contribution in [0, 0.1) is 0 Å².